The van der Waals surface area contributed by atoms with Crippen LogP contribution in [0, 0.1) is 6.92 Å². The third-order valence-electron chi connectivity index (χ3n) is 2.77. The van der Waals surface area contributed by atoms with Crippen molar-refractivity contribution >= 4 is 23.3 Å². The highest BCUT2D eigenvalue weighted by Gasteiger charge is 2.12. The Morgan fingerprint density at radius 1 is 1.20 bits per heavy atom. The summed E-state index contributed by atoms with van der Waals surface area (Å²) < 4.78 is 9.89. The first-order chi connectivity index (χ1) is 9.61. The minimum Gasteiger partial charge on any atom is -0.465 e. The van der Waals surface area contributed by atoms with Gasteiger partial charge in [-0.1, -0.05) is 12.1 Å². The Hall–Kier alpha value is -2.14. The van der Waals surface area contributed by atoms with E-state index in [1.165, 1.54) is 18.4 Å². The lowest BCUT2D eigenvalue weighted by atomic mass is 10.1. The lowest BCUT2D eigenvalue weighted by Crippen LogP contribution is -2.06. The maximum atomic E-state index is 11.9. The van der Waals surface area contributed by atoms with Crippen LogP contribution >= 0.6 is 11.3 Å². The van der Waals surface area contributed by atoms with E-state index in [0.717, 1.165) is 11.1 Å². The fourth-order valence-corrected chi connectivity index (χ4v) is 2.52. The summed E-state index contributed by atoms with van der Waals surface area (Å²) in [5, 5.41) is 1.85. The Balaban J connectivity index is 2.03. The Labute approximate surface area is 121 Å². The number of hydrogen-bond acceptors (Lipinski definition) is 5. The number of thiophene rings is 1. The van der Waals surface area contributed by atoms with Crippen molar-refractivity contribution in [2.24, 2.45) is 0 Å². The number of aryl methyl sites for hydroxylation is 1. The number of hydrogen-bond donors (Lipinski definition) is 0. The fraction of sp³-hybridized carbons (Fsp3) is 0.200. The van der Waals surface area contributed by atoms with E-state index in [1.54, 1.807) is 24.3 Å². The zero-order valence-corrected chi connectivity index (χ0v) is 12.0. The second kappa shape index (κ2) is 6.34. The highest BCUT2D eigenvalue weighted by Crippen LogP contribution is 2.17. The van der Waals surface area contributed by atoms with Gasteiger partial charge < -0.3 is 9.47 Å². The summed E-state index contributed by atoms with van der Waals surface area (Å²) in [4.78, 5) is 23.9. The summed E-state index contributed by atoms with van der Waals surface area (Å²) in [6.45, 7) is 1.99. The predicted molar refractivity (Wildman–Crippen MR) is 76.0 cm³/mol. The molecule has 0 aliphatic heterocycles. The number of benzene rings is 1. The van der Waals surface area contributed by atoms with E-state index in [-0.39, 0.29) is 12.6 Å². The SMILES string of the molecule is COC(=O)c1cccc(COC(=O)c2sccc2C)c1. The molecule has 0 bridgehead atoms. The molecule has 0 radical (unpaired) electrons. The van der Waals surface area contributed by atoms with Crippen molar-refractivity contribution in [3.05, 3.63) is 57.3 Å². The summed E-state index contributed by atoms with van der Waals surface area (Å²) in [7, 11) is 1.33. The van der Waals surface area contributed by atoms with E-state index in [1.807, 2.05) is 18.4 Å². The molecular weight excluding hydrogens is 276 g/mol. The Kier molecular flexibility index (Phi) is 4.53. The number of esters is 2. The minimum atomic E-state index is -0.410. The lowest BCUT2D eigenvalue weighted by Gasteiger charge is -2.06. The lowest BCUT2D eigenvalue weighted by molar-refractivity contribution is 0.0478. The molecule has 0 aliphatic carbocycles. The van der Waals surface area contributed by atoms with Crippen LogP contribution in [0.3, 0.4) is 0 Å². The largest absolute Gasteiger partial charge is 0.465 e. The van der Waals surface area contributed by atoms with Crippen LogP contribution in [-0.2, 0) is 16.1 Å². The molecule has 104 valence electrons. The van der Waals surface area contributed by atoms with Gasteiger partial charge in [0.25, 0.3) is 0 Å². The van der Waals surface area contributed by atoms with Crippen LogP contribution in [0.15, 0.2) is 35.7 Å². The van der Waals surface area contributed by atoms with Crippen molar-refractivity contribution in [2.75, 3.05) is 7.11 Å². The third-order valence-corrected chi connectivity index (χ3v) is 3.76. The van der Waals surface area contributed by atoms with Crippen LogP contribution in [0.5, 0.6) is 0 Å². The molecule has 0 aliphatic rings. The Morgan fingerprint density at radius 3 is 2.65 bits per heavy atom. The highest BCUT2D eigenvalue weighted by molar-refractivity contribution is 7.12. The van der Waals surface area contributed by atoms with Crippen molar-refractivity contribution in [1.82, 2.24) is 0 Å². The summed E-state index contributed by atoms with van der Waals surface area (Å²) in [5.41, 5.74) is 2.09. The molecule has 0 spiro atoms. The molecule has 0 fully saturated rings. The maximum Gasteiger partial charge on any atom is 0.348 e. The highest BCUT2D eigenvalue weighted by atomic mass is 32.1. The van der Waals surface area contributed by atoms with Gasteiger partial charge in [0.2, 0.25) is 0 Å². The number of rotatable bonds is 4. The molecule has 0 N–H and O–H groups in total. The third kappa shape index (κ3) is 3.24. The standard InChI is InChI=1S/C15H14O4S/c1-10-6-7-20-13(10)15(17)19-9-11-4-3-5-12(8-11)14(16)18-2/h3-8H,9H2,1-2H3. The minimum absolute atomic E-state index is 0.126. The molecule has 0 amide bonds. The van der Waals surface area contributed by atoms with Crippen molar-refractivity contribution in [3.63, 3.8) is 0 Å². The molecule has 2 aromatic rings. The Morgan fingerprint density at radius 2 is 2.00 bits per heavy atom. The van der Waals surface area contributed by atoms with E-state index >= 15 is 0 Å². The molecule has 1 aromatic carbocycles. The van der Waals surface area contributed by atoms with Gasteiger partial charge in [-0.15, -0.1) is 11.3 Å². The summed E-state index contributed by atoms with van der Waals surface area (Å²) in [6.07, 6.45) is 0. The molecule has 1 aromatic heterocycles. The quantitative estimate of drug-likeness (QED) is 0.811. The fourth-order valence-electron chi connectivity index (χ4n) is 1.70. The first-order valence-corrected chi connectivity index (χ1v) is 6.88. The van der Waals surface area contributed by atoms with Crippen LogP contribution in [0.1, 0.15) is 31.2 Å². The van der Waals surface area contributed by atoms with Crippen molar-refractivity contribution in [3.8, 4) is 0 Å². The van der Waals surface area contributed by atoms with Crippen LogP contribution < -0.4 is 0 Å². The number of carbonyl (C=O) groups is 2. The molecule has 0 unspecified atom stereocenters. The molecular formula is C15H14O4S. The Bertz CT molecular complexity index is 630. The van der Waals surface area contributed by atoms with Gasteiger partial charge in [-0.2, -0.15) is 0 Å². The van der Waals surface area contributed by atoms with Gasteiger partial charge in [0.15, 0.2) is 0 Å². The number of ether oxygens (including phenoxy) is 2. The molecule has 20 heavy (non-hydrogen) atoms. The topological polar surface area (TPSA) is 52.6 Å². The second-order valence-electron chi connectivity index (χ2n) is 4.20. The molecule has 0 saturated heterocycles. The zero-order valence-electron chi connectivity index (χ0n) is 11.2. The smallest absolute Gasteiger partial charge is 0.348 e. The van der Waals surface area contributed by atoms with Gasteiger partial charge in [-0.25, -0.2) is 9.59 Å². The van der Waals surface area contributed by atoms with Gasteiger partial charge in [0.1, 0.15) is 11.5 Å². The molecule has 2 rings (SSSR count). The van der Waals surface area contributed by atoms with Gasteiger partial charge in [-0.3, -0.25) is 0 Å². The van der Waals surface area contributed by atoms with Crippen molar-refractivity contribution < 1.29 is 19.1 Å². The van der Waals surface area contributed by atoms with Gasteiger partial charge in [0, 0.05) is 0 Å². The van der Waals surface area contributed by atoms with Crippen molar-refractivity contribution in [2.45, 2.75) is 13.5 Å². The molecule has 4 nitrogen and oxygen atoms in total. The zero-order chi connectivity index (χ0) is 14.5. The van der Waals surface area contributed by atoms with Crippen LogP contribution in [0.25, 0.3) is 0 Å². The number of methoxy groups -OCH3 is 1. The van der Waals surface area contributed by atoms with Crippen LogP contribution in [0.2, 0.25) is 0 Å². The monoisotopic (exact) mass is 290 g/mol. The van der Waals surface area contributed by atoms with Gasteiger partial charge in [-0.05, 0) is 41.6 Å². The van der Waals surface area contributed by atoms with Crippen LogP contribution in [-0.4, -0.2) is 19.0 Å². The molecule has 0 saturated carbocycles. The van der Waals surface area contributed by atoms with Crippen LogP contribution in [0.4, 0.5) is 0 Å². The van der Waals surface area contributed by atoms with Gasteiger partial charge in [0.05, 0.1) is 12.7 Å². The number of carbonyl (C=O) groups excluding carboxylic acids is 2. The van der Waals surface area contributed by atoms with E-state index in [9.17, 15) is 9.59 Å². The summed E-state index contributed by atoms with van der Waals surface area (Å²) >= 11 is 1.36. The molecule has 0 atom stereocenters. The summed E-state index contributed by atoms with van der Waals surface area (Å²) in [6, 6.07) is 8.70. The van der Waals surface area contributed by atoms with E-state index in [0.29, 0.717) is 10.4 Å². The van der Waals surface area contributed by atoms with E-state index in [4.69, 9.17) is 4.74 Å². The predicted octanol–water partition coefficient (Wildman–Crippen LogP) is 3.20. The maximum absolute atomic E-state index is 11.9. The average Bonchev–Trinajstić information content (AvgIpc) is 2.90. The second-order valence-corrected chi connectivity index (χ2v) is 5.12. The van der Waals surface area contributed by atoms with E-state index in [2.05, 4.69) is 4.74 Å². The molecule has 5 heteroatoms. The average molecular weight is 290 g/mol. The first kappa shape index (κ1) is 14.3. The van der Waals surface area contributed by atoms with Gasteiger partial charge >= 0.3 is 11.9 Å². The summed E-state index contributed by atoms with van der Waals surface area (Å²) in [5.74, 6) is -0.756. The normalized spacial score (nSPS) is 10.1. The molecule has 1 heterocycles. The van der Waals surface area contributed by atoms with Crippen molar-refractivity contribution in [1.29, 1.82) is 0 Å². The van der Waals surface area contributed by atoms with E-state index < -0.39 is 5.97 Å². The first-order valence-electron chi connectivity index (χ1n) is 6.00.